The topological polar surface area (TPSA) is 39.4 Å². The normalized spacial score (nSPS) is 16.5. The van der Waals surface area contributed by atoms with Gasteiger partial charge in [0, 0.05) is 29.4 Å². The molecule has 0 radical (unpaired) electrons. The van der Waals surface area contributed by atoms with Crippen molar-refractivity contribution >= 4 is 5.65 Å². The molecule has 118 valence electrons. The van der Waals surface area contributed by atoms with Crippen LogP contribution in [0.2, 0.25) is 0 Å². The molecule has 0 atom stereocenters. The molecule has 1 saturated carbocycles. The molecule has 23 heavy (non-hydrogen) atoms. The van der Waals surface area contributed by atoms with E-state index in [4.69, 9.17) is 9.84 Å². The molecule has 2 heterocycles. The predicted octanol–water partition coefficient (Wildman–Crippen LogP) is 3.99. The highest BCUT2D eigenvalue weighted by atomic mass is 16.5. The Morgan fingerprint density at radius 3 is 2.70 bits per heavy atom. The van der Waals surface area contributed by atoms with Gasteiger partial charge in [-0.1, -0.05) is 24.6 Å². The summed E-state index contributed by atoms with van der Waals surface area (Å²) in [7, 11) is 0. The van der Waals surface area contributed by atoms with E-state index < -0.39 is 0 Å². The maximum Gasteiger partial charge on any atom is 0.155 e. The first kappa shape index (κ1) is 14.2. The molecule has 0 aliphatic heterocycles. The number of nitrogens with zero attached hydrogens (tertiary/aromatic N) is 3. The van der Waals surface area contributed by atoms with Gasteiger partial charge in [0.05, 0.1) is 11.8 Å². The Morgan fingerprint density at radius 1 is 1.17 bits per heavy atom. The number of rotatable bonds is 4. The molecular formula is C19H21N3O. The third kappa shape index (κ3) is 2.29. The summed E-state index contributed by atoms with van der Waals surface area (Å²) in [5.41, 5.74) is 3.21. The third-order valence-electron chi connectivity index (χ3n) is 4.70. The van der Waals surface area contributed by atoms with Crippen molar-refractivity contribution in [3.05, 3.63) is 60.0 Å². The quantitative estimate of drug-likeness (QED) is 0.731. The van der Waals surface area contributed by atoms with Gasteiger partial charge in [-0.05, 0) is 38.8 Å². The van der Waals surface area contributed by atoms with E-state index in [0.29, 0.717) is 0 Å². The van der Waals surface area contributed by atoms with E-state index in [1.54, 1.807) is 0 Å². The minimum Gasteiger partial charge on any atom is -0.491 e. The van der Waals surface area contributed by atoms with Crippen LogP contribution in [-0.2, 0) is 5.41 Å². The first-order valence-corrected chi connectivity index (χ1v) is 8.26. The van der Waals surface area contributed by atoms with Gasteiger partial charge in [-0.25, -0.2) is 9.50 Å². The fraction of sp³-hybridized carbons (Fsp3) is 0.368. The van der Waals surface area contributed by atoms with Crippen LogP contribution in [0.5, 0.6) is 5.75 Å². The SMILES string of the molecule is CC(C)Oc1ccccc1C1(c2cc3ncccn3n2)CCC1. The summed E-state index contributed by atoms with van der Waals surface area (Å²) in [4.78, 5) is 4.41. The average Bonchev–Trinajstić information content (AvgIpc) is 2.91. The lowest BCUT2D eigenvalue weighted by Gasteiger charge is -2.42. The van der Waals surface area contributed by atoms with Crippen LogP contribution in [0.3, 0.4) is 0 Å². The van der Waals surface area contributed by atoms with E-state index in [2.05, 4.69) is 43.1 Å². The van der Waals surface area contributed by atoms with Gasteiger partial charge in [0.25, 0.3) is 0 Å². The molecule has 1 aliphatic carbocycles. The zero-order chi connectivity index (χ0) is 15.9. The van der Waals surface area contributed by atoms with E-state index in [-0.39, 0.29) is 11.5 Å². The Hall–Kier alpha value is -2.36. The molecule has 3 aromatic rings. The number of hydrogen-bond donors (Lipinski definition) is 0. The summed E-state index contributed by atoms with van der Waals surface area (Å²) < 4.78 is 7.94. The molecule has 1 fully saturated rings. The van der Waals surface area contributed by atoms with Gasteiger partial charge in [0.1, 0.15) is 5.75 Å². The fourth-order valence-corrected chi connectivity index (χ4v) is 3.48. The Morgan fingerprint density at radius 2 is 2.00 bits per heavy atom. The molecule has 4 heteroatoms. The summed E-state index contributed by atoms with van der Waals surface area (Å²) in [6.45, 7) is 4.14. The van der Waals surface area contributed by atoms with Crippen LogP contribution in [0.4, 0.5) is 0 Å². The zero-order valence-corrected chi connectivity index (χ0v) is 13.6. The molecular weight excluding hydrogens is 286 g/mol. The second kappa shape index (κ2) is 5.37. The van der Waals surface area contributed by atoms with Gasteiger partial charge in [0.2, 0.25) is 0 Å². The Bertz CT molecular complexity index is 800. The van der Waals surface area contributed by atoms with Gasteiger partial charge in [-0.2, -0.15) is 5.10 Å². The Labute approximate surface area is 136 Å². The maximum atomic E-state index is 6.07. The molecule has 1 aliphatic rings. The van der Waals surface area contributed by atoms with Crippen LogP contribution in [-0.4, -0.2) is 20.7 Å². The minimum absolute atomic E-state index is 0.0425. The van der Waals surface area contributed by atoms with Gasteiger partial charge in [0.15, 0.2) is 5.65 Å². The highest BCUT2D eigenvalue weighted by Crippen LogP contribution is 2.51. The van der Waals surface area contributed by atoms with Crippen LogP contribution in [0.25, 0.3) is 5.65 Å². The molecule has 1 aromatic carbocycles. The maximum absolute atomic E-state index is 6.07. The van der Waals surface area contributed by atoms with Crippen LogP contribution >= 0.6 is 0 Å². The highest BCUT2D eigenvalue weighted by molar-refractivity contribution is 5.51. The van der Waals surface area contributed by atoms with Crippen molar-refractivity contribution in [1.82, 2.24) is 14.6 Å². The fourth-order valence-electron chi connectivity index (χ4n) is 3.48. The smallest absolute Gasteiger partial charge is 0.155 e. The first-order chi connectivity index (χ1) is 11.2. The van der Waals surface area contributed by atoms with Crippen molar-refractivity contribution < 1.29 is 4.74 Å². The lowest BCUT2D eigenvalue weighted by Crippen LogP contribution is -2.36. The van der Waals surface area contributed by atoms with Gasteiger partial charge in [-0.15, -0.1) is 0 Å². The predicted molar refractivity (Wildman–Crippen MR) is 89.8 cm³/mol. The van der Waals surface area contributed by atoms with Crippen molar-refractivity contribution in [2.45, 2.75) is 44.6 Å². The molecule has 0 unspecified atom stereocenters. The van der Waals surface area contributed by atoms with Crippen molar-refractivity contribution in [3.63, 3.8) is 0 Å². The Balaban J connectivity index is 1.84. The molecule has 0 N–H and O–H groups in total. The van der Waals surface area contributed by atoms with Crippen molar-refractivity contribution in [3.8, 4) is 5.75 Å². The Kier molecular flexibility index (Phi) is 3.33. The molecule has 0 saturated heterocycles. The lowest BCUT2D eigenvalue weighted by atomic mass is 9.62. The van der Waals surface area contributed by atoms with E-state index in [1.165, 1.54) is 12.0 Å². The summed E-state index contributed by atoms with van der Waals surface area (Å²) in [6.07, 6.45) is 7.36. The third-order valence-corrected chi connectivity index (χ3v) is 4.70. The summed E-state index contributed by atoms with van der Waals surface area (Å²) in [5, 5.41) is 4.80. The molecule has 0 bridgehead atoms. The second-order valence-corrected chi connectivity index (χ2v) is 6.55. The second-order valence-electron chi connectivity index (χ2n) is 6.55. The number of fused-ring (bicyclic) bond motifs is 1. The van der Waals surface area contributed by atoms with Crippen LogP contribution in [0.1, 0.15) is 44.4 Å². The van der Waals surface area contributed by atoms with E-state index in [9.17, 15) is 0 Å². The molecule has 2 aromatic heterocycles. The molecule has 4 rings (SSSR count). The standard InChI is InChI=1S/C19H21N3O/c1-14(2)23-16-8-4-3-7-15(16)19(9-5-10-19)17-13-18-20-11-6-12-22(18)21-17/h3-4,6-8,11-14H,5,9-10H2,1-2H3. The summed E-state index contributed by atoms with van der Waals surface area (Å²) in [6, 6.07) is 12.4. The molecule has 0 amide bonds. The molecule has 0 spiro atoms. The van der Waals surface area contributed by atoms with E-state index in [1.807, 2.05) is 29.0 Å². The van der Waals surface area contributed by atoms with Gasteiger partial charge in [-0.3, -0.25) is 0 Å². The number of ether oxygens (including phenoxy) is 1. The summed E-state index contributed by atoms with van der Waals surface area (Å²) >= 11 is 0. The minimum atomic E-state index is -0.0425. The lowest BCUT2D eigenvalue weighted by molar-refractivity contribution is 0.222. The van der Waals surface area contributed by atoms with Gasteiger partial charge < -0.3 is 4.74 Å². The molecule has 4 nitrogen and oxygen atoms in total. The van der Waals surface area contributed by atoms with Crippen molar-refractivity contribution in [2.75, 3.05) is 0 Å². The number of benzene rings is 1. The van der Waals surface area contributed by atoms with Crippen LogP contribution in [0, 0.1) is 0 Å². The number of para-hydroxylation sites is 1. The zero-order valence-electron chi connectivity index (χ0n) is 13.6. The highest BCUT2D eigenvalue weighted by Gasteiger charge is 2.44. The number of hydrogen-bond acceptors (Lipinski definition) is 3. The van der Waals surface area contributed by atoms with E-state index >= 15 is 0 Å². The van der Waals surface area contributed by atoms with Crippen LogP contribution < -0.4 is 4.74 Å². The monoisotopic (exact) mass is 307 g/mol. The number of aromatic nitrogens is 3. The largest absolute Gasteiger partial charge is 0.491 e. The van der Waals surface area contributed by atoms with Crippen molar-refractivity contribution in [1.29, 1.82) is 0 Å². The average molecular weight is 307 g/mol. The van der Waals surface area contributed by atoms with Crippen molar-refractivity contribution in [2.24, 2.45) is 0 Å². The first-order valence-electron chi connectivity index (χ1n) is 8.26. The van der Waals surface area contributed by atoms with E-state index in [0.717, 1.165) is 29.9 Å². The van der Waals surface area contributed by atoms with Gasteiger partial charge >= 0.3 is 0 Å². The summed E-state index contributed by atoms with van der Waals surface area (Å²) in [5.74, 6) is 0.979. The van der Waals surface area contributed by atoms with Crippen LogP contribution in [0.15, 0.2) is 48.8 Å².